The zero-order valence-corrected chi connectivity index (χ0v) is 36.9. The Kier molecular flexibility index (Phi) is 133. The fraction of sp³-hybridized carbons (Fsp3) is 0.750. The summed E-state index contributed by atoms with van der Waals surface area (Å²) in [7, 11) is 18.5. The van der Waals surface area contributed by atoms with Gasteiger partial charge in [0.05, 0.1) is 34.2 Å². The molecule has 0 atom stereocenters. The molecule has 0 aliphatic carbocycles. The molecule has 0 spiro atoms. The first-order valence-corrected chi connectivity index (χ1v) is 25.1. The van der Waals surface area contributed by atoms with Crippen LogP contribution >= 0.6 is 37.7 Å². The SMILES string of the molecule is C.CCCCCC(=O)O.CCCCCC(=O)OC(=O)CCCCC.O.O=C(O)CCC(=O)O.O=C(O)CCC(=O)O.[2H]CF.[Cl][Pt+2][Cl].[Cl][Pt+2][Cl].[NH2-].[NH2-].[NH2-].[NH2-]. The van der Waals surface area contributed by atoms with Crippen molar-refractivity contribution in [3.05, 3.63) is 24.6 Å². The number of hydrogen-bond acceptors (Lipinski definition) is 8. The maximum absolute atomic E-state index is 11.1. The maximum atomic E-state index is 11.1. The number of carbonyl (C=O) groups is 7. The molecule has 0 aliphatic heterocycles. The van der Waals surface area contributed by atoms with E-state index in [0.717, 1.165) is 57.8 Å². The quantitative estimate of drug-likeness (QED) is 0.0485. The second-order valence-corrected chi connectivity index (χ2v) is 14.8. The normalized spacial score (nSPS) is 7.96. The van der Waals surface area contributed by atoms with Crippen molar-refractivity contribution in [2.24, 2.45) is 0 Å². The molecule has 0 bridgehead atoms. The van der Waals surface area contributed by atoms with E-state index in [-0.39, 0.29) is 75.1 Å². The van der Waals surface area contributed by atoms with Gasteiger partial charge >= 0.3 is 112 Å². The summed E-state index contributed by atoms with van der Waals surface area (Å²) in [6, 6.07) is 0. The van der Waals surface area contributed by atoms with Crippen LogP contribution in [0.25, 0.3) is 24.6 Å². The first-order chi connectivity index (χ1) is 22.5. The summed E-state index contributed by atoms with van der Waals surface area (Å²) in [6.45, 7) is 6.20. The van der Waals surface area contributed by atoms with E-state index in [1.165, 1.54) is 0 Å². The minimum atomic E-state index is -1.08. The molecule has 0 aromatic rings. The summed E-state index contributed by atoms with van der Waals surface area (Å²) >= 11 is -0.944. The largest absolute Gasteiger partial charge is 0.693 e. The molecule has 0 saturated carbocycles. The number of halogens is 5. The molecule has 0 saturated heterocycles. The molecule has 25 heteroatoms. The smallest absolute Gasteiger partial charge is 0.693 e. The summed E-state index contributed by atoms with van der Waals surface area (Å²) in [5, 5.41) is 39.7. The Morgan fingerprint density at radius 1 is 0.509 bits per heavy atom. The van der Waals surface area contributed by atoms with Crippen LogP contribution in [0.5, 0.6) is 0 Å². The van der Waals surface area contributed by atoms with E-state index in [0.29, 0.717) is 19.3 Å². The number of nitrogens with two attached hydrogens (primary N) is 4. The molecule has 0 unspecified atom stereocenters. The van der Waals surface area contributed by atoms with Crippen LogP contribution in [0.15, 0.2) is 0 Å². The standard InChI is InChI=1S/C12H22O3.C6H12O2.2C4H6O4.CH3F.CH4.4ClH.4H2N.H2O.2Pt/c1-3-5-7-9-11(13)15-12(14)10-8-6-4-2;1-2-3-4-5-6(7)8;2*5-3(6)1-2-4(7)8;1-2;;;;;;;;;;;;/h3-10H2,1-2H3;2-5H2,1H3,(H,7,8);2*1-2H2,(H,5,6)(H,7,8);1H3;1H4;4*1H;5*1H2;;/q;;;;;;;;;;4*-1;;2*+4/p-4/i;;;;1D;;;;;;;;;;;;. The first-order valence-electron chi connectivity index (χ1n) is 14.5. The van der Waals surface area contributed by atoms with E-state index in [9.17, 15) is 38.0 Å². The van der Waals surface area contributed by atoms with Crippen LogP contribution in [0.1, 0.15) is 132 Å². The van der Waals surface area contributed by atoms with Crippen LogP contribution in [0.2, 0.25) is 0 Å². The van der Waals surface area contributed by atoms with Gasteiger partial charge in [0.1, 0.15) is 0 Å². The first kappa shape index (κ1) is 84.4. The van der Waals surface area contributed by atoms with Gasteiger partial charge in [0.15, 0.2) is 0 Å². The van der Waals surface area contributed by atoms with Gasteiger partial charge in [-0.15, -0.1) is 0 Å². The van der Waals surface area contributed by atoms with Crippen LogP contribution in [0, 0.1) is 0 Å². The van der Waals surface area contributed by atoms with Gasteiger partial charge < -0.3 is 60.3 Å². The number of aliphatic carboxylic acids is 5. The Balaban J connectivity index is -0.0000000348. The van der Waals surface area contributed by atoms with Crippen molar-refractivity contribution in [3.63, 3.8) is 0 Å². The Morgan fingerprint density at radius 3 is 0.830 bits per heavy atom. The fourth-order valence-corrected chi connectivity index (χ4v) is 2.22. The Hall–Kier alpha value is -1.24. The van der Waals surface area contributed by atoms with E-state index in [1.807, 2.05) is 0 Å². The number of carboxylic acids is 5. The summed E-state index contributed by atoms with van der Waals surface area (Å²) in [5.41, 5.74) is 0. The predicted molar refractivity (Wildman–Crippen MR) is 202 cm³/mol. The Bertz CT molecular complexity index is 734. The molecule has 0 aliphatic rings. The average molecular weight is 1230 g/mol. The monoisotopic (exact) mass is 1230 g/mol. The van der Waals surface area contributed by atoms with Crippen LogP contribution in [-0.4, -0.2) is 79.9 Å². The van der Waals surface area contributed by atoms with E-state index in [1.54, 1.807) is 0 Å². The third-order valence-electron chi connectivity index (χ3n) is 4.30. The molecule has 334 valence electrons. The molecule has 15 N–H and O–H groups in total. The summed E-state index contributed by atoms with van der Waals surface area (Å²) in [4.78, 5) is 70.7. The van der Waals surface area contributed by atoms with Gasteiger partial charge in [-0.05, 0) is 19.3 Å². The number of carbonyl (C=O) groups excluding carboxylic acids is 2. The van der Waals surface area contributed by atoms with Gasteiger partial charge in [-0.1, -0.05) is 66.7 Å². The van der Waals surface area contributed by atoms with Crippen LogP contribution < -0.4 is 0 Å². The fourth-order valence-electron chi connectivity index (χ4n) is 2.22. The zero-order chi connectivity index (χ0) is 39.2. The molecule has 53 heavy (non-hydrogen) atoms. The molecule has 0 fully saturated rings. The summed E-state index contributed by atoms with van der Waals surface area (Å²) < 4.78 is 20.2. The molecule has 0 aromatic heterocycles. The molecule has 18 nitrogen and oxygen atoms in total. The van der Waals surface area contributed by atoms with Crippen LogP contribution in [0.3, 0.4) is 0 Å². The molecular weight excluding hydrogens is 1170 g/mol. The van der Waals surface area contributed by atoms with Crippen molar-refractivity contribution < 1.29 is 108 Å². The van der Waals surface area contributed by atoms with Crippen molar-refractivity contribution in [1.82, 2.24) is 0 Å². The molecule has 0 aromatic carbocycles. The summed E-state index contributed by atoms with van der Waals surface area (Å²) in [5.74, 6) is -5.73. The minimum absolute atomic E-state index is 0. The summed E-state index contributed by atoms with van der Waals surface area (Å²) in [6.07, 6.45) is 8.62. The van der Waals surface area contributed by atoms with Crippen molar-refractivity contribution in [3.8, 4) is 0 Å². The molecular formula is C28H63Cl4FN4O14Pt2. The molecule has 0 radical (unpaired) electrons. The predicted octanol–water partition coefficient (Wildman–Crippen LogP) is 10.8. The van der Waals surface area contributed by atoms with Gasteiger partial charge in [-0.25, -0.2) is 0 Å². The van der Waals surface area contributed by atoms with E-state index >= 15 is 0 Å². The number of carboxylic acid groups (broad SMARTS) is 5. The van der Waals surface area contributed by atoms with E-state index in [2.05, 4.69) is 25.5 Å². The second kappa shape index (κ2) is 83.7. The molecule has 0 amide bonds. The number of hydrogen-bond donors (Lipinski definition) is 5. The number of ether oxygens (including phenoxy) is 1. The van der Waals surface area contributed by atoms with Gasteiger partial charge in [0.2, 0.25) is 0 Å². The topological polar surface area (TPSA) is 395 Å². The number of esters is 2. The number of rotatable bonds is 18. The second-order valence-electron chi connectivity index (χ2n) is 8.28. The third-order valence-corrected chi connectivity index (χ3v) is 4.30. The van der Waals surface area contributed by atoms with E-state index in [4.69, 9.17) is 64.6 Å². The van der Waals surface area contributed by atoms with Crippen LogP contribution in [0.4, 0.5) is 4.39 Å². The van der Waals surface area contributed by atoms with Gasteiger partial charge in [-0.2, -0.15) is 0 Å². The minimum Gasteiger partial charge on any atom is -0.693 e. The van der Waals surface area contributed by atoms with Gasteiger partial charge in [0, 0.05) is 19.3 Å². The van der Waals surface area contributed by atoms with Gasteiger partial charge in [-0.3, -0.25) is 38.0 Å². The van der Waals surface area contributed by atoms with Crippen molar-refractivity contribution in [1.29, 1.82) is 0 Å². The maximum Gasteiger partial charge on any atom is -0.693 e. The average Bonchev–Trinajstić information content (AvgIpc) is 2.97. The van der Waals surface area contributed by atoms with Crippen molar-refractivity contribution in [2.45, 2.75) is 131 Å². The Labute approximate surface area is 348 Å². The third kappa shape index (κ3) is 157. The Morgan fingerprint density at radius 2 is 0.679 bits per heavy atom. The van der Waals surface area contributed by atoms with Gasteiger partial charge in [0.25, 0.3) is 0 Å². The van der Waals surface area contributed by atoms with E-state index < -0.39 is 70.0 Å². The van der Waals surface area contributed by atoms with Crippen molar-refractivity contribution >= 4 is 79.5 Å². The number of alkyl halides is 1. The molecule has 0 rings (SSSR count). The van der Waals surface area contributed by atoms with Crippen LogP contribution in [-0.2, 0) is 71.3 Å². The van der Waals surface area contributed by atoms with Crippen molar-refractivity contribution in [2.75, 3.05) is 7.15 Å². The molecule has 0 heterocycles. The zero-order valence-electron chi connectivity index (χ0n) is 30.4. The number of unbranched alkanes of at least 4 members (excludes halogenated alkanes) is 6.